The second-order valence-electron chi connectivity index (χ2n) is 8.65. The van der Waals surface area contributed by atoms with Crippen LogP contribution in [0.2, 0.25) is 5.02 Å². The lowest BCUT2D eigenvalue weighted by Gasteiger charge is -2.23. The topological polar surface area (TPSA) is 92.1 Å². The number of nitrogens with zero attached hydrogens (tertiary/aromatic N) is 3. The van der Waals surface area contributed by atoms with Gasteiger partial charge in [-0.2, -0.15) is 13.2 Å². The van der Waals surface area contributed by atoms with Crippen LogP contribution in [0, 0.1) is 12.7 Å². The molecule has 0 fully saturated rings. The standard InChI is InChI=1S/C23H23ClFN5.C2HF3O2/c1-14-23-18-4-2-16(15-6-9-26-10-7-15)12-19(18)22(8-11-30(23)29-28-14)27-17-3-5-21(25)20(24)13-17;3-2(4,5)1(6)7/h2-6,12-13,22,26-27H,7-11H2,1H3;(H,6,7). The molecule has 0 saturated carbocycles. The minimum Gasteiger partial charge on any atom is -0.475 e. The van der Waals surface area contributed by atoms with Gasteiger partial charge in [-0.3, -0.25) is 0 Å². The van der Waals surface area contributed by atoms with E-state index in [-0.39, 0.29) is 11.1 Å². The summed E-state index contributed by atoms with van der Waals surface area (Å²) >= 11 is 6.02. The Bertz CT molecular complexity index is 1340. The van der Waals surface area contributed by atoms with Gasteiger partial charge in [-0.25, -0.2) is 13.9 Å². The third kappa shape index (κ3) is 6.11. The van der Waals surface area contributed by atoms with E-state index in [2.05, 4.69) is 45.2 Å². The number of alkyl halides is 3. The van der Waals surface area contributed by atoms with E-state index < -0.39 is 18.0 Å². The molecule has 0 amide bonds. The van der Waals surface area contributed by atoms with Gasteiger partial charge < -0.3 is 15.7 Å². The van der Waals surface area contributed by atoms with Gasteiger partial charge in [0, 0.05) is 24.3 Å². The smallest absolute Gasteiger partial charge is 0.475 e. The molecule has 2 aliphatic heterocycles. The number of aromatic nitrogens is 3. The average molecular weight is 538 g/mol. The number of rotatable bonds is 3. The SMILES string of the molecule is Cc1nnn2c1-c1ccc(C3=CCNCC3)cc1C(Nc1ccc(F)c(Cl)c1)CC2.O=C(O)C(F)(F)F. The quantitative estimate of drug-likeness (QED) is 0.376. The maximum Gasteiger partial charge on any atom is 0.490 e. The number of anilines is 1. The molecule has 1 atom stereocenters. The lowest BCUT2D eigenvalue weighted by molar-refractivity contribution is -0.192. The molecule has 0 saturated heterocycles. The van der Waals surface area contributed by atoms with Crippen molar-refractivity contribution < 1.29 is 27.5 Å². The van der Waals surface area contributed by atoms with Gasteiger partial charge in [0.2, 0.25) is 0 Å². The number of hydrogen-bond donors (Lipinski definition) is 3. The molecule has 5 rings (SSSR count). The number of fused-ring (bicyclic) bond motifs is 3. The van der Waals surface area contributed by atoms with Crippen LogP contribution in [-0.2, 0) is 11.3 Å². The number of aryl methyl sites for hydroxylation is 2. The van der Waals surface area contributed by atoms with Gasteiger partial charge in [0.1, 0.15) is 5.82 Å². The summed E-state index contributed by atoms with van der Waals surface area (Å²) in [4.78, 5) is 8.90. The van der Waals surface area contributed by atoms with Crippen LogP contribution in [-0.4, -0.2) is 45.3 Å². The molecule has 2 aromatic carbocycles. The molecule has 1 unspecified atom stereocenters. The zero-order chi connectivity index (χ0) is 26.7. The monoisotopic (exact) mass is 537 g/mol. The Morgan fingerprint density at radius 2 is 2.00 bits per heavy atom. The van der Waals surface area contributed by atoms with Crippen molar-refractivity contribution in [3.8, 4) is 11.3 Å². The molecule has 0 spiro atoms. The van der Waals surface area contributed by atoms with Crippen molar-refractivity contribution in [1.82, 2.24) is 20.3 Å². The van der Waals surface area contributed by atoms with E-state index in [9.17, 15) is 17.6 Å². The molecule has 37 heavy (non-hydrogen) atoms. The number of halogens is 5. The maximum atomic E-state index is 13.6. The van der Waals surface area contributed by atoms with Crippen LogP contribution in [0.15, 0.2) is 42.5 Å². The van der Waals surface area contributed by atoms with Crippen molar-refractivity contribution in [1.29, 1.82) is 0 Å². The minimum atomic E-state index is -5.08. The number of aliphatic carboxylic acids is 1. The fourth-order valence-electron chi connectivity index (χ4n) is 4.39. The summed E-state index contributed by atoms with van der Waals surface area (Å²) in [6.45, 7) is 4.64. The van der Waals surface area contributed by atoms with E-state index in [4.69, 9.17) is 21.5 Å². The summed E-state index contributed by atoms with van der Waals surface area (Å²) in [6, 6.07) is 11.5. The Morgan fingerprint density at radius 1 is 1.24 bits per heavy atom. The number of benzene rings is 2. The second kappa shape index (κ2) is 10.9. The molecule has 2 aliphatic rings. The molecule has 3 aromatic rings. The molecule has 0 bridgehead atoms. The van der Waals surface area contributed by atoms with E-state index in [1.54, 1.807) is 12.1 Å². The summed E-state index contributed by atoms with van der Waals surface area (Å²) in [7, 11) is 0. The van der Waals surface area contributed by atoms with Gasteiger partial charge in [-0.15, -0.1) is 5.10 Å². The Labute approximate surface area is 215 Å². The number of hydrogen-bond acceptors (Lipinski definition) is 5. The first-order chi connectivity index (χ1) is 17.5. The first-order valence-electron chi connectivity index (χ1n) is 11.5. The summed E-state index contributed by atoms with van der Waals surface area (Å²) in [6.07, 6.45) is -0.966. The van der Waals surface area contributed by atoms with Crippen LogP contribution in [0.25, 0.3) is 16.8 Å². The van der Waals surface area contributed by atoms with Gasteiger partial charge in [-0.05, 0) is 67.3 Å². The first kappa shape index (κ1) is 26.6. The van der Waals surface area contributed by atoms with Crippen LogP contribution in [0.4, 0.5) is 23.2 Å². The minimum absolute atomic E-state index is 0.0462. The Hall–Kier alpha value is -3.44. The summed E-state index contributed by atoms with van der Waals surface area (Å²) in [5.74, 6) is -3.17. The highest BCUT2D eigenvalue weighted by molar-refractivity contribution is 6.31. The zero-order valence-corrected chi connectivity index (χ0v) is 20.5. The van der Waals surface area contributed by atoms with Gasteiger partial charge in [-0.1, -0.05) is 35.0 Å². The van der Waals surface area contributed by atoms with E-state index in [0.29, 0.717) is 0 Å². The van der Waals surface area contributed by atoms with Gasteiger partial charge in [0.05, 0.1) is 22.5 Å². The van der Waals surface area contributed by atoms with Crippen molar-refractivity contribution in [3.63, 3.8) is 0 Å². The Balaban J connectivity index is 0.000000405. The molecule has 196 valence electrons. The van der Waals surface area contributed by atoms with E-state index in [1.807, 2.05) is 11.6 Å². The predicted molar refractivity (Wildman–Crippen MR) is 132 cm³/mol. The van der Waals surface area contributed by atoms with E-state index in [0.717, 1.165) is 55.1 Å². The van der Waals surface area contributed by atoms with Crippen molar-refractivity contribution in [3.05, 3.63) is 70.1 Å². The largest absolute Gasteiger partial charge is 0.490 e. The number of carboxylic acids is 1. The van der Waals surface area contributed by atoms with Crippen molar-refractivity contribution in [2.45, 2.75) is 38.5 Å². The molecular formula is C25H24ClF4N5O2. The van der Waals surface area contributed by atoms with Crippen LogP contribution in [0.1, 0.15) is 35.7 Å². The summed E-state index contributed by atoms with van der Waals surface area (Å²) in [5, 5.41) is 22.8. The Morgan fingerprint density at radius 3 is 2.65 bits per heavy atom. The Kier molecular flexibility index (Phi) is 7.84. The van der Waals surface area contributed by atoms with E-state index in [1.165, 1.54) is 22.8 Å². The fourth-order valence-corrected chi connectivity index (χ4v) is 4.57. The van der Waals surface area contributed by atoms with Crippen LogP contribution in [0.3, 0.4) is 0 Å². The van der Waals surface area contributed by atoms with Gasteiger partial charge >= 0.3 is 12.1 Å². The molecule has 1 aromatic heterocycles. The van der Waals surface area contributed by atoms with Crippen LogP contribution >= 0.6 is 11.6 Å². The molecule has 0 aliphatic carbocycles. The predicted octanol–water partition coefficient (Wildman–Crippen LogP) is 5.61. The molecule has 12 heteroatoms. The number of nitrogens with one attached hydrogen (secondary N) is 2. The van der Waals surface area contributed by atoms with Gasteiger partial charge in [0.15, 0.2) is 0 Å². The summed E-state index contributed by atoms with van der Waals surface area (Å²) < 4.78 is 47.4. The summed E-state index contributed by atoms with van der Waals surface area (Å²) in [5.41, 5.74) is 7.76. The zero-order valence-electron chi connectivity index (χ0n) is 19.7. The van der Waals surface area contributed by atoms with Crippen molar-refractivity contribution >= 4 is 28.8 Å². The highest BCUT2D eigenvalue weighted by Crippen LogP contribution is 2.39. The molecule has 3 heterocycles. The van der Waals surface area contributed by atoms with Gasteiger partial charge in [0.25, 0.3) is 0 Å². The molecular weight excluding hydrogens is 514 g/mol. The molecule has 7 nitrogen and oxygen atoms in total. The highest BCUT2D eigenvalue weighted by atomic mass is 35.5. The molecule has 0 radical (unpaired) electrons. The van der Waals surface area contributed by atoms with E-state index >= 15 is 0 Å². The third-order valence-corrected chi connectivity index (χ3v) is 6.44. The lowest BCUT2D eigenvalue weighted by Crippen LogP contribution is -2.21. The maximum absolute atomic E-state index is 13.6. The van der Waals surface area contributed by atoms with Crippen LogP contribution < -0.4 is 10.6 Å². The lowest BCUT2D eigenvalue weighted by atomic mass is 9.90. The highest BCUT2D eigenvalue weighted by Gasteiger charge is 2.38. The second-order valence-corrected chi connectivity index (χ2v) is 9.06. The first-order valence-corrected chi connectivity index (χ1v) is 11.9. The van der Waals surface area contributed by atoms with Crippen molar-refractivity contribution in [2.75, 3.05) is 18.4 Å². The molecule has 3 N–H and O–H groups in total. The average Bonchev–Trinajstić information content (AvgIpc) is 3.16. The number of carbonyl (C=O) groups is 1. The van der Waals surface area contributed by atoms with Crippen molar-refractivity contribution in [2.24, 2.45) is 0 Å². The van der Waals surface area contributed by atoms with Crippen LogP contribution in [0.5, 0.6) is 0 Å². The number of carboxylic acid groups (broad SMARTS) is 1. The fraction of sp³-hybridized carbons (Fsp3) is 0.320. The third-order valence-electron chi connectivity index (χ3n) is 6.15. The normalized spacial score (nSPS) is 16.9.